The Bertz CT molecular complexity index is 461. The minimum Gasteiger partial charge on any atom is -0.493 e. The van der Waals surface area contributed by atoms with Crippen LogP contribution in [0.5, 0.6) is 5.75 Å². The van der Waals surface area contributed by atoms with Crippen LogP contribution in [0.2, 0.25) is 0 Å². The fraction of sp³-hybridized carbons (Fsp3) is 0.619. The normalized spacial score (nSPS) is 10.5. The van der Waals surface area contributed by atoms with Crippen molar-refractivity contribution in [3.63, 3.8) is 0 Å². The van der Waals surface area contributed by atoms with Gasteiger partial charge in [-0.3, -0.25) is 0 Å². The smallest absolute Gasteiger partial charge is 0.142 e. The lowest BCUT2D eigenvalue weighted by Crippen LogP contribution is -1.98. The number of terminal acetylenes is 1. The van der Waals surface area contributed by atoms with E-state index in [0.29, 0.717) is 12.4 Å². The van der Waals surface area contributed by atoms with Crippen LogP contribution in [0, 0.1) is 18.2 Å². The lowest BCUT2D eigenvalue weighted by Gasteiger charge is -2.07. The third-order valence-corrected chi connectivity index (χ3v) is 4.11. The number of hydrogen-bond donors (Lipinski definition) is 0. The Morgan fingerprint density at radius 3 is 2.00 bits per heavy atom. The predicted molar refractivity (Wildman–Crippen MR) is 96.3 cm³/mol. The molecule has 2 heteroatoms. The Hall–Kier alpha value is -1.49. The molecule has 0 spiro atoms. The van der Waals surface area contributed by atoms with E-state index >= 15 is 0 Å². The maximum Gasteiger partial charge on any atom is 0.142 e. The van der Waals surface area contributed by atoms with Crippen molar-refractivity contribution in [2.24, 2.45) is 0 Å². The predicted octanol–water partition coefficient (Wildman–Crippen LogP) is 6.50. The Labute approximate surface area is 141 Å². The highest BCUT2D eigenvalue weighted by atomic mass is 19.1. The summed E-state index contributed by atoms with van der Waals surface area (Å²) in [5, 5.41) is 0. The van der Waals surface area contributed by atoms with Crippen molar-refractivity contribution in [3.05, 3.63) is 29.6 Å². The molecule has 0 amide bonds. The van der Waals surface area contributed by atoms with Crippen LogP contribution in [-0.4, -0.2) is 6.61 Å². The van der Waals surface area contributed by atoms with Gasteiger partial charge in [0.15, 0.2) is 0 Å². The Kier molecular flexibility index (Phi) is 11.0. The summed E-state index contributed by atoms with van der Waals surface area (Å²) < 4.78 is 19.0. The monoisotopic (exact) mass is 318 g/mol. The second-order valence-corrected chi connectivity index (χ2v) is 6.17. The molecule has 0 bridgehead atoms. The number of hydrogen-bond acceptors (Lipinski definition) is 1. The second-order valence-electron chi connectivity index (χ2n) is 6.17. The average Bonchev–Trinajstić information content (AvgIpc) is 2.56. The molecule has 0 aliphatic heterocycles. The molecule has 0 N–H and O–H groups in total. The van der Waals surface area contributed by atoms with Crippen molar-refractivity contribution in [1.82, 2.24) is 0 Å². The van der Waals surface area contributed by atoms with E-state index in [1.807, 2.05) is 0 Å². The van der Waals surface area contributed by atoms with Crippen molar-refractivity contribution < 1.29 is 9.13 Å². The van der Waals surface area contributed by atoms with E-state index in [4.69, 9.17) is 11.2 Å². The molecular formula is C21H31FO. The van der Waals surface area contributed by atoms with E-state index in [2.05, 4.69) is 12.8 Å². The number of rotatable bonds is 13. The zero-order valence-corrected chi connectivity index (χ0v) is 14.6. The Morgan fingerprint density at radius 2 is 1.48 bits per heavy atom. The van der Waals surface area contributed by atoms with E-state index in [1.54, 1.807) is 12.1 Å². The minimum atomic E-state index is -0.385. The highest BCUT2D eigenvalue weighted by Gasteiger charge is 2.01. The van der Waals surface area contributed by atoms with Gasteiger partial charge in [-0.25, -0.2) is 4.39 Å². The lowest BCUT2D eigenvalue weighted by molar-refractivity contribution is 0.303. The van der Waals surface area contributed by atoms with Gasteiger partial charge in [0.25, 0.3) is 0 Å². The molecule has 1 rings (SSSR count). The first kappa shape index (κ1) is 19.6. The lowest BCUT2D eigenvalue weighted by atomic mass is 10.1. The first-order valence-corrected chi connectivity index (χ1v) is 9.17. The maximum absolute atomic E-state index is 13.5. The topological polar surface area (TPSA) is 9.23 Å². The van der Waals surface area contributed by atoms with Crippen molar-refractivity contribution >= 4 is 0 Å². The molecule has 0 unspecified atom stereocenters. The van der Waals surface area contributed by atoms with Gasteiger partial charge in [-0.1, -0.05) is 77.1 Å². The van der Waals surface area contributed by atoms with Crippen LogP contribution in [-0.2, 0) is 0 Å². The molecule has 0 aliphatic carbocycles. The second kappa shape index (κ2) is 13.0. The average molecular weight is 318 g/mol. The molecule has 128 valence electrons. The van der Waals surface area contributed by atoms with Crippen LogP contribution >= 0.6 is 0 Å². The molecule has 1 aromatic carbocycles. The van der Waals surface area contributed by atoms with E-state index in [9.17, 15) is 4.39 Å². The van der Waals surface area contributed by atoms with Gasteiger partial charge in [0.1, 0.15) is 11.6 Å². The molecule has 1 nitrogen and oxygen atoms in total. The standard InChI is InChI=1S/C21H31FO/c1-3-5-6-7-8-9-10-11-12-13-14-17-23-20-16-15-19(4-2)21(22)18-20/h2,15-16,18H,3,5-14,17H2,1H3. The van der Waals surface area contributed by atoms with Gasteiger partial charge < -0.3 is 4.74 Å². The number of halogens is 1. The van der Waals surface area contributed by atoms with Gasteiger partial charge >= 0.3 is 0 Å². The molecule has 1 aromatic rings. The zero-order chi connectivity index (χ0) is 16.8. The van der Waals surface area contributed by atoms with Crippen LogP contribution < -0.4 is 4.74 Å². The van der Waals surface area contributed by atoms with Gasteiger partial charge in [-0.05, 0) is 18.6 Å². The molecule has 0 aromatic heterocycles. The summed E-state index contributed by atoms with van der Waals surface area (Å²) in [6.45, 7) is 2.90. The summed E-state index contributed by atoms with van der Waals surface area (Å²) >= 11 is 0. The number of benzene rings is 1. The van der Waals surface area contributed by atoms with Crippen LogP contribution in [0.3, 0.4) is 0 Å². The summed E-state index contributed by atoms with van der Waals surface area (Å²) in [5.41, 5.74) is 0.284. The Morgan fingerprint density at radius 1 is 0.913 bits per heavy atom. The molecule has 0 fully saturated rings. The first-order chi connectivity index (χ1) is 11.3. The Balaban J connectivity index is 1.94. The summed E-state index contributed by atoms with van der Waals surface area (Å²) in [6, 6.07) is 4.69. The van der Waals surface area contributed by atoms with E-state index in [1.165, 1.54) is 70.3 Å². The number of unbranched alkanes of at least 4 members (excludes halogenated alkanes) is 10. The molecule has 0 saturated carbocycles. The van der Waals surface area contributed by atoms with Crippen LogP contribution in [0.15, 0.2) is 18.2 Å². The fourth-order valence-electron chi connectivity index (χ4n) is 2.66. The van der Waals surface area contributed by atoms with Gasteiger partial charge in [0.2, 0.25) is 0 Å². The molecular weight excluding hydrogens is 287 g/mol. The van der Waals surface area contributed by atoms with Crippen LogP contribution in [0.4, 0.5) is 4.39 Å². The van der Waals surface area contributed by atoms with Crippen molar-refractivity contribution in [2.75, 3.05) is 6.61 Å². The SMILES string of the molecule is C#Cc1ccc(OCCCCCCCCCCCCC)cc1F. The van der Waals surface area contributed by atoms with Gasteiger partial charge in [-0.2, -0.15) is 0 Å². The summed E-state index contributed by atoms with van der Waals surface area (Å²) in [4.78, 5) is 0. The fourth-order valence-corrected chi connectivity index (χ4v) is 2.66. The highest BCUT2D eigenvalue weighted by molar-refractivity contribution is 5.38. The molecule has 0 aliphatic rings. The van der Waals surface area contributed by atoms with Crippen LogP contribution in [0.1, 0.15) is 83.1 Å². The molecule has 23 heavy (non-hydrogen) atoms. The summed E-state index contributed by atoms with van der Waals surface area (Å²) in [5.74, 6) is 2.48. The first-order valence-electron chi connectivity index (χ1n) is 9.17. The minimum absolute atomic E-state index is 0.284. The third-order valence-electron chi connectivity index (χ3n) is 4.11. The largest absolute Gasteiger partial charge is 0.493 e. The highest BCUT2D eigenvalue weighted by Crippen LogP contribution is 2.17. The van der Waals surface area contributed by atoms with Crippen molar-refractivity contribution in [2.45, 2.75) is 77.6 Å². The molecule has 0 radical (unpaired) electrons. The van der Waals surface area contributed by atoms with E-state index in [-0.39, 0.29) is 11.4 Å². The zero-order valence-electron chi connectivity index (χ0n) is 14.6. The van der Waals surface area contributed by atoms with Gasteiger partial charge in [0, 0.05) is 6.07 Å². The van der Waals surface area contributed by atoms with Gasteiger partial charge in [-0.15, -0.1) is 6.42 Å². The summed E-state index contributed by atoms with van der Waals surface area (Å²) in [7, 11) is 0. The van der Waals surface area contributed by atoms with E-state index < -0.39 is 0 Å². The van der Waals surface area contributed by atoms with E-state index in [0.717, 1.165) is 6.42 Å². The van der Waals surface area contributed by atoms with Gasteiger partial charge in [0.05, 0.1) is 12.2 Å². The third kappa shape index (κ3) is 9.29. The maximum atomic E-state index is 13.5. The molecule has 0 heterocycles. The molecule has 0 atom stereocenters. The molecule has 0 saturated heterocycles. The van der Waals surface area contributed by atoms with Crippen molar-refractivity contribution in [1.29, 1.82) is 0 Å². The summed E-state index contributed by atoms with van der Waals surface area (Å²) in [6.07, 6.45) is 19.6. The quantitative estimate of drug-likeness (QED) is 0.298. The van der Waals surface area contributed by atoms with Crippen molar-refractivity contribution in [3.8, 4) is 18.1 Å². The number of ether oxygens (including phenoxy) is 1. The van der Waals surface area contributed by atoms with Crippen LogP contribution in [0.25, 0.3) is 0 Å².